The molecule has 4 aromatic rings. The van der Waals surface area contributed by atoms with Crippen LogP contribution in [0.25, 0.3) is 32.9 Å². The number of hydrogen-bond acceptors (Lipinski definition) is 2. The van der Waals surface area contributed by atoms with Gasteiger partial charge in [0.2, 0.25) is 0 Å². The van der Waals surface area contributed by atoms with Crippen molar-refractivity contribution >= 4 is 21.8 Å². The maximum Gasteiger partial charge on any atom is 0.0708 e. The predicted octanol–water partition coefficient (Wildman–Crippen LogP) is 4.45. The number of hydrogen-bond donors (Lipinski definition) is 0. The van der Waals surface area contributed by atoms with E-state index in [1.54, 1.807) is 0 Å². The summed E-state index contributed by atoms with van der Waals surface area (Å²) in [5.41, 5.74) is 4.44. The van der Waals surface area contributed by atoms with Gasteiger partial charge in [0.1, 0.15) is 0 Å². The molecule has 0 aliphatic heterocycles. The van der Waals surface area contributed by atoms with Crippen LogP contribution in [0.15, 0.2) is 73.1 Å². The molecular weight excluding hydrogens is 244 g/mol. The van der Waals surface area contributed by atoms with Crippen molar-refractivity contribution in [3.63, 3.8) is 0 Å². The lowest BCUT2D eigenvalue weighted by atomic mass is 9.98. The lowest BCUT2D eigenvalue weighted by Gasteiger charge is -2.09. The molecule has 2 heterocycles. The summed E-state index contributed by atoms with van der Waals surface area (Å²) in [6, 6.07) is 20.6. The number of para-hydroxylation sites is 2. The molecule has 0 aliphatic rings. The summed E-state index contributed by atoms with van der Waals surface area (Å²) in [5.74, 6) is 0. The third kappa shape index (κ3) is 1.66. The molecule has 0 fully saturated rings. The zero-order valence-corrected chi connectivity index (χ0v) is 10.8. The summed E-state index contributed by atoms with van der Waals surface area (Å²) >= 11 is 0. The van der Waals surface area contributed by atoms with Gasteiger partial charge in [-0.25, -0.2) is 0 Å². The summed E-state index contributed by atoms with van der Waals surface area (Å²) in [7, 11) is 0. The number of fused-ring (bicyclic) bond motifs is 2. The molecular formula is C18H12N2. The molecule has 0 amide bonds. The number of nitrogens with zero attached hydrogens (tertiary/aromatic N) is 2. The van der Waals surface area contributed by atoms with Crippen LogP contribution in [-0.2, 0) is 0 Å². The second kappa shape index (κ2) is 4.42. The summed E-state index contributed by atoms with van der Waals surface area (Å²) in [5, 5.41) is 2.35. The molecule has 0 saturated carbocycles. The van der Waals surface area contributed by atoms with Crippen LogP contribution in [0.1, 0.15) is 0 Å². The molecule has 0 radical (unpaired) electrons. The van der Waals surface area contributed by atoms with Crippen LogP contribution in [0.3, 0.4) is 0 Å². The van der Waals surface area contributed by atoms with E-state index in [0.29, 0.717) is 0 Å². The first-order chi connectivity index (χ1) is 9.93. The van der Waals surface area contributed by atoms with Crippen LogP contribution < -0.4 is 0 Å². The van der Waals surface area contributed by atoms with Crippen molar-refractivity contribution in [1.82, 2.24) is 9.97 Å². The van der Waals surface area contributed by atoms with Crippen molar-refractivity contribution in [3.05, 3.63) is 73.1 Å². The zero-order valence-electron chi connectivity index (χ0n) is 10.8. The van der Waals surface area contributed by atoms with Gasteiger partial charge in [0.15, 0.2) is 0 Å². The van der Waals surface area contributed by atoms with E-state index >= 15 is 0 Å². The molecule has 0 spiro atoms. The minimum atomic E-state index is 1.02. The Hall–Kier alpha value is -2.74. The van der Waals surface area contributed by atoms with Gasteiger partial charge in [-0.05, 0) is 35.4 Å². The zero-order chi connectivity index (χ0) is 13.4. The molecule has 20 heavy (non-hydrogen) atoms. The fourth-order valence-electron chi connectivity index (χ4n) is 2.66. The summed E-state index contributed by atoms with van der Waals surface area (Å²) in [4.78, 5) is 8.86. The molecule has 2 aromatic heterocycles. The number of benzene rings is 2. The van der Waals surface area contributed by atoms with Crippen LogP contribution in [0.2, 0.25) is 0 Å². The minimum Gasteiger partial charge on any atom is -0.256 e. The third-order valence-corrected chi connectivity index (χ3v) is 3.59. The van der Waals surface area contributed by atoms with E-state index in [-0.39, 0.29) is 0 Å². The standard InChI is InChI=1S/C18H12N2/c1-3-7-17-15(5-1)13(9-11-19-17)14-10-12-20-18-8-4-2-6-16(14)18/h1-12H. The largest absolute Gasteiger partial charge is 0.256 e. The monoisotopic (exact) mass is 256 g/mol. The smallest absolute Gasteiger partial charge is 0.0708 e. The Kier molecular flexibility index (Phi) is 2.46. The Morgan fingerprint density at radius 3 is 1.45 bits per heavy atom. The van der Waals surface area contributed by atoms with Gasteiger partial charge in [-0.15, -0.1) is 0 Å². The van der Waals surface area contributed by atoms with Crippen molar-refractivity contribution in [2.24, 2.45) is 0 Å². The molecule has 0 unspecified atom stereocenters. The molecule has 0 saturated heterocycles. The van der Waals surface area contributed by atoms with Gasteiger partial charge in [0.05, 0.1) is 11.0 Å². The number of rotatable bonds is 1. The average molecular weight is 256 g/mol. The lowest BCUT2D eigenvalue weighted by Crippen LogP contribution is -1.87. The minimum absolute atomic E-state index is 1.02. The Morgan fingerprint density at radius 1 is 0.500 bits per heavy atom. The van der Waals surface area contributed by atoms with Gasteiger partial charge in [0.25, 0.3) is 0 Å². The molecule has 0 bridgehead atoms. The van der Waals surface area contributed by atoms with E-state index in [2.05, 4.69) is 46.4 Å². The summed E-state index contributed by atoms with van der Waals surface area (Å²) in [6.07, 6.45) is 3.74. The van der Waals surface area contributed by atoms with Gasteiger partial charge in [-0.1, -0.05) is 36.4 Å². The highest BCUT2D eigenvalue weighted by atomic mass is 14.7. The molecule has 0 N–H and O–H groups in total. The van der Waals surface area contributed by atoms with E-state index in [9.17, 15) is 0 Å². The van der Waals surface area contributed by atoms with Crippen molar-refractivity contribution < 1.29 is 0 Å². The van der Waals surface area contributed by atoms with E-state index in [4.69, 9.17) is 0 Å². The van der Waals surface area contributed by atoms with E-state index in [1.165, 1.54) is 21.9 Å². The molecule has 2 aromatic carbocycles. The van der Waals surface area contributed by atoms with Crippen LogP contribution >= 0.6 is 0 Å². The fraction of sp³-hybridized carbons (Fsp3) is 0. The van der Waals surface area contributed by atoms with Crippen molar-refractivity contribution in [3.8, 4) is 11.1 Å². The summed E-state index contributed by atoms with van der Waals surface area (Å²) < 4.78 is 0. The van der Waals surface area contributed by atoms with Gasteiger partial charge in [-0.2, -0.15) is 0 Å². The topological polar surface area (TPSA) is 25.8 Å². The molecule has 0 aliphatic carbocycles. The van der Waals surface area contributed by atoms with Crippen LogP contribution in [0.4, 0.5) is 0 Å². The normalized spacial score (nSPS) is 11.0. The van der Waals surface area contributed by atoms with E-state index in [1.807, 2.05) is 36.7 Å². The maximum atomic E-state index is 4.43. The lowest BCUT2D eigenvalue weighted by molar-refractivity contribution is 1.39. The molecule has 4 rings (SSSR count). The first-order valence-electron chi connectivity index (χ1n) is 6.61. The highest BCUT2D eigenvalue weighted by Crippen LogP contribution is 2.31. The second-order valence-electron chi connectivity index (χ2n) is 4.75. The predicted molar refractivity (Wildman–Crippen MR) is 82.5 cm³/mol. The van der Waals surface area contributed by atoms with Gasteiger partial charge in [0, 0.05) is 23.2 Å². The average Bonchev–Trinajstić information content (AvgIpc) is 2.54. The molecule has 2 heteroatoms. The third-order valence-electron chi connectivity index (χ3n) is 3.59. The Labute approximate surface area is 116 Å². The SMILES string of the molecule is c1ccc2c(-c3ccnc4ccccc34)ccnc2c1. The second-order valence-corrected chi connectivity index (χ2v) is 4.75. The maximum absolute atomic E-state index is 4.43. The molecule has 94 valence electrons. The number of pyridine rings is 2. The quantitative estimate of drug-likeness (QED) is 0.503. The van der Waals surface area contributed by atoms with Gasteiger partial charge >= 0.3 is 0 Å². The molecule has 0 atom stereocenters. The highest BCUT2D eigenvalue weighted by Gasteiger charge is 2.07. The van der Waals surface area contributed by atoms with Crippen LogP contribution in [-0.4, -0.2) is 9.97 Å². The van der Waals surface area contributed by atoms with Crippen LogP contribution in [0, 0.1) is 0 Å². The van der Waals surface area contributed by atoms with Crippen molar-refractivity contribution in [1.29, 1.82) is 0 Å². The van der Waals surface area contributed by atoms with Crippen LogP contribution in [0.5, 0.6) is 0 Å². The Balaban J connectivity index is 2.12. The molecule has 2 nitrogen and oxygen atoms in total. The van der Waals surface area contributed by atoms with E-state index < -0.39 is 0 Å². The van der Waals surface area contributed by atoms with E-state index in [0.717, 1.165) is 11.0 Å². The first-order valence-corrected chi connectivity index (χ1v) is 6.61. The van der Waals surface area contributed by atoms with Crippen molar-refractivity contribution in [2.45, 2.75) is 0 Å². The Morgan fingerprint density at radius 2 is 0.950 bits per heavy atom. The number of aromatic nitrogens is 2. The first kappa shape index (κ1) is 11.1. The summed E-state index contributed by atoms with van der Waals surface area (Å²) in [6.45, 7) is 0. The Bertz CT molecular complexity index is 825. The van der Waals surface area contributed by atoms with Gasteiger partial charge < -0.3 is 0 Å². The van der Waals surface area contributed by atoms with Crippen molar-refractivity contribution in [2.75, 3.05) is 0 Å². The highest BCUT2D eigenvalue weighted by molar-refractivity contribution is 6.03. The fourth-order valence-corrected chi connectivity index (χ4v) is 2.66. The van der Waals surface area contributed by atoms with Gasteiger partial charge in [-0.3, -0.25) is 9.97 Å².